The Bertz CT molecular complexity index is 397. The van der Waals surface area contributed by atoms with Crippen LogP contribution in [0.3, 0.4) is 0 Å². The van der Waals surface area contributed by atoms with Crippen molar-refractivity contribution in [2.45, 2.75) is 32.2 Å². The molecule has 0 saturated carbocycles. The standard InChI is InChI=1S/C13H18FNO/c1-9-7-12(16-3)10(8-11(9)14)13(2)5-4-6-15-13/h7-8,15H,4-6H2,1-3H3. The second kappa shape index (κ2) is 4.06. The van der Waals surface area contributed by atoms with E-state index in [2.05, 4.69) is 12.2 Å². The summed E-state index contributed by atoms with van der Waals surface area (Å²) in [4.78, 5) is 0. The van der Waals surface area contributed by atoms with E-state index in [-0.39, 0.29) is 11.4 Å². The lowest BCUT2D eigenvalue weighted by molar-refractivity contribution is 0.368. The Morgan fingerprint density at radius 3 is 2.75 bits per heavy atom. The second-order valence-corrected chi connectivity index (χ2v) is 4.66. The van der Waals surface area contributed by atoms with Gasteiger partial charge in [0.25, 0.3) is 0 Å². The van der Waals surface area contributed by atoms with E-state index in [1.54, 1.807) is 26.2 Å². The van der Waals surface area contributed by atoms with Gasteiger partial charge < -0.3 is 10.1 Å². The number of methoxy groups -OCH3 is 1. The average Bonchev–Trinajstić information content (AvgIpc) is 2.69. The summed E-state index contributed by atoms with van der Waals surface area (Å²) in [6, 6.07) is 3.38. The summed E-state index contributed by atoms with van der Waals surface area (Å²) in [5.74, 6) is 0.613. The van der Waals surface area contributed by atoms with E-state index in [4.69, 9.17) is 4.74 Å². The van der Waals surface area contributed by atoms with E-state index in [0.717, 1.165) is 30.7 Å². The number of hydrogen-bond acceptors (Lipinski definition) is 2. The van der Waals surface area contributed by atoms with E-state index in [0.29, 0.717) is 5.56 Å². The van der Waals surface area contributed by atoms with Crippen molar-refractivity contribution >= 4 is 0 Å². The molecule has 16 heavy (non-hydrogen) atoms. The molecular weight excluding hydrogens is 205 g/mol. The highest BCUT2D eigenvalue weighted by Gasteiger charge is 2.33. The largest absolute Gasteiger partial charge is 0.496 e. The minimum atomic E-state index is -0.161. The van der Waals surface area contributed by atoms with Crippen LogP contribution in [0.5, 0.6) is 5.75 Å². The van der Waals surface area contributed by atoms with Crippen LogP contribution in [0, 0.1) is 12.7 Å². The molecular formula is C13H18FNO. The van der Waals surface area contributed by atoms with Crippen molar-refractivity contribution in [3.8, 4) is 5.75 Å². The van der Waals surface area contributed by atoms with Gasteiger partial charge in [-0.1, -0.05) is 0 Å². The third kappa shape index (κ3) is 1.80. The maximum absolute atomic E-state index is 13.6. The number of hydrogen-bond donors (Lipinski definition) is 1. The number of aryl methyl sites for hydroxylation is 1. The van der Waals surface area contributed by atoms with Crippen molar-refractivity contribution in [3.63, 3.8) is 0 Å². The van der Waals surface area contributed by atoms with Gasteiger partial charge in [-0.05, 0) is 50.9 Å². The van der Waals surface area contributed by atoms with Crippen LogP contribution in [0.4, 0.5) is 4.39 Å². The molecule has 0 radical (unpaired) electrons. The van der Waals surface area contributed by atoms with Crippen molar-refractivity contribution in [1.29, 1.82) is 0 Å². The van der Waals surface area contributed by atoms with Crippen molar-refractivity contribution < 1.29 is 9.13 Å². The van der Waals surface area contributed by atoms with Gasteiger partial charge in [-0.2, -0.15) is 0 Å². The molecule has 1 aliphatic rings. The lowest BCUT2D eigenvalue weighted by Crippen LogP contribution is -2.33. The van der Waals surface area contributed by atoms with Crippen molar-refractivity contribution in [2.75, 3.05) is 13.7 Å². The molecule has 1 heterocycles. The molecule has 1 aliphatic heterocycles. The Morgan fingerprint density at radius 2 is 2.19 bits per heavy atom. The first-order valence-corrected chi connectivity index (χ1v) is 5.66. The highest BCUT2D eigenvalue weighted by molar-refractivity contribution is 5.42. The highest BCUT2D eigenvalue weighted by atomic mass is 19.1. The fraction of sp³-hybridized carbons (Fsp3) is 0.538. The zero-order valence-corrected chi connectivity index (χ0v) is 10.1. The summed E-state index contributed by atoms with van der Waals surface area (Å²) in [5, 5.41) is 3.42. The van der Waals surface area contributed by atoms with Crippen LogP contribution in [-0.4, -0.2) is 13.7 Å². The summed E-state index contributed by atoms with van der Waals surface area (Å²) in [7, 11) is 1.63. The van der Waals surface area contributed by atoms with Gasteiger partial charge in [0.1, 0.15) is 11.6 Å². The zero-order valence-electron chi connectivity index (χ0n) is 10.1. The third-order valence-corrected chi connectivity index (χ3v) is 3.44. The Labute approximate surface area is 95.8 Å². The molecule has 3 heteroatoms. The van der Waals surface area contributed by atoms with Crippen LogP contribution in [0.15, 0.2) is 12.1 Å². The SMILES string of the molecule is COc1cc(C)c(F)cc1C1(C)CCCN1. The first-order valence-electron chi connectivity index (χ1n) is 5.66. The molecule has 0 bridgehead atoms. The number of rotatable bonds is 2. The molecule has 1 fully saturated rings. The fourth-order valence-electron chi connectivity index (χ4n) is 2.38. The minimum absolute atomic E-state index is 0.153. The van der Waals surface area contributed by atoms with Gasteiger partial charge in [0, 0.05) is 11.1 Å². The zero-order chi connectivity index (χ0) is 11.8. The predicted molar refractivity (Wildman–Crippen MR) is 62.3 cm³/mol. The topological polar surface area (TPSA) is 21.3 Å². The summed E-state index contributed by atoms with van der Waals surface area (Å²) < 4.78 is 19.0. The molecule has 2 nitrogen and oxygen atoms in total. The Kier molecular flexibility index (Phi) is 2.89. The molecule has 2 rings (SSSR count). The van der Waals surface area contributed by atoms with Crippen LogP contribution >= 0.6 is 0 Å². The van der Waals surface area contributed by atoms with Crippen LogP contribution in [0.25, 0.3) is 0 Å². The Balaban J connectivity index is 2.50. The van der Waals surface area contributed by atoms with Crippen molar-refractivity contribution in [1.82, 2.24) is 5.32 Å². The lowest BCUT2D eigenvalue weighted by atomic mass is 9.89. The number of halogens is 1. The van der Waals surface area contributed by atoms with Crippen molar-refractivity contribution in [3.05, 3.63) is 29.1 Å². The fourth-order valence-corrected chi connectivity index (χ4v) is 2.38. The molecule has 1 aromatic carbocycles. The van der Waals surface area contributed by atoms with Gasteiger partial charge in [-0.15, -0.1) is 0 Å². The number of nitrogens with one attached hydrogen (secondary N) is 1. The second-order valence-electron chi connectivity index (χ2n) is 4.66. The molecule has 0 amide bonds. The van der Waals surface area contributed by atoms with Crippen molar-refractivity contribution in [2.24, 2.45) is 0 Å². The van der Waals surface area contributed by atoms with Crippen LogP contribution in [-0.2, 0) is 5.54 Å². The number of benzene rings is 1. The minimum Gasteiger partial charge on any atom is -0.496 e. The van der Waals surface area contributed by atoms with Crippen LogP contribution < -0.4 is 10.1 Å². The number of ether oxygens (including phenoxy) is 1. The van der Waals surface area contributed by atoms with E-state index < -0.39 is 0 Å². The van der Waals surface area contributed by atoms with Gasteiger partial charge in [-0.3, -0.25) is 0 Å². The summed E-state index contributed by atoms with van der Waals surface area (Å²) in [6.07, 6.45) is 2.14. The summed E-state index contributed by atoms with van der Waals surface area (Å²) in [6.45, 7) is 4.84. The summed E-state index contributed by atoms with van der Waals surface area (Å²) >= 11 is 0. The predicted octanol–water partition coefficient (Wildman–Crippen LogP) is 2.74. The average molecular weight is 223 g/mol. The first kappa shape index (κ1) is 11.4. The quantitative estimate of drug-likeness (QED) is 0.832. The molecule has 0 aliphatic carbocycles. The van der Waals surface area contributed by atoms with Gasteiger partial charge in [0.05, 0.1) is 7.11 Å². The summed E-state index contributed by atoms with van der Waals surface area (Å²) in [5.41, 5.74) is 1.40. The van der Waals surface area contributed by atoms with Crippen LogP contribution in [0.1, 0.15) is 30.9 Å². The van der Waals surface area contributed by atoms with E-state index in [1.807, 2.05) is 0 Å². The molecule has 88 valence electrons. The molecule has 1 saturated heterocycles. The van der Waals surface area contributed by atoms with E-state index in [9.17, 15) is 4.39 Å². The van der Waals surface area contributed by atoms with Gasteiger partial charge in [0.2, 0.25) is 0 Å². The molecule has 1 aromatic rings. The normalized spacial score (nSPS) is 24.8. The smallest absolute Gasteiger partial charge is 0.126 e. The van der Waals surface area contributed by atoms with E-state index >= 15 is 0 Å². The Morgan fingerprint density at radius 1 is 1.44 bits per heavy atom. The van der Waals surface area contributed by atoms with Gasteiger partial charge in [0.15, 0.2) is 0 Å². The Hall–Kier alpha value is -1.09. The maximum Gasteiger partial charge on any atom is 0.126 e. The lowest BCUT2D eigenvalue weighted by Gasteiger charge is -2.27. The highest BCUT2D eigenvalue weighted by Crippen LogP contribution is 2.37. The molecule has 0 aromatic heterocycles. The molecule has 1 unspecified atom stereocenters. The first-order chi connectivity index (χ1) is 7.57. The molecule has 1 atom stereocenters. The molecule has 0 spiro atoms. The van der Waals surface area contributed by atoms with Crippen LogP contribution in [0.2, 0.25) is 0 Å². The van der Waals surface area contributed by atoms with Gasteiger partial charge in [-0.25, -0.2) is 4.39 Å². The van der Waals surface area contributed by atoms with E-state index in [1.165, 1.54) is 0 Å². The molecule has 1 N–H and O–H groups in total. The third-order valence-electron chi connectivity index (χ3n) is 3.44. The monoisotopic (exact) mass is 223 g/mol. The maximum atomic E-state index is 13.6. The van der Waals surface area contributed by atoms with Gasteiger partial charge >= 0.3 is 0 Å².